The molecule has 94 valence electrons. The van der Waals surface area contributed by atoms with Gasteiger partial charge in [-0.15, -0.1) is 0 Å². The van der Waals surface area contributed by atoms with Crippen LogP contribution >= 0.6 is 15.9 Å². The Bertz CT molecular complexity index is 539. The van der Waals surface area contributed by atoms with Crippen LogP contribution in [0.5, 0.6) is 0 Å². The predicted octanol–water partition coefficient (Wildman–Crippen LogP) is 1.85. The molecule has 0 atom stereocenters. The third-order valence-electron chi connectivity index (χ3n) is 2.62. The quantitative estimate of drug-likeness (QED) is 0.905. The number of hydrogen-bond donors (Lipinski definition) is 2. The maximum absolute atomic E-state index is 12.0. The van der Waals surface area contributed by atoms with E-state index < -0.39 is 0 Å². The highest BCUT2D eigenvalue weighted by Gasteiger charge is 2.10. The Labute approximate surface area is 113 Å². The van der Waals surface area contributed by atoms with Crippen LogP contribution in [0.4, 0.5) is 0 Å². The van der Waals surface area contributed by atoms with E-state index in [9.17, 15) is 4.79 Å². The number of aromatic nitrogens is 3. The van der Waals surface area contributed by atoms with Crippen molar-refractivity contribution in [3.63, 3.8) is 0 Å². The summed E-state index contributed by atoms with van der Waals surface area (Å²) in [4.78, 5) is 16.0. The highest BCUT2D eigenvalue weighted by molar-refractivity contribution is 9.10. The monoisotopic (exact) mass is 308 g/mol. The van der Waals surface area contributed by atoms with Crippen LogP contribution in [0.2, 0.25) is 0 Å². The summed E-state index contributed by atoms with van der Waals surface area (Å²) in [5.41, 5.74) is 1.62. The first-order valence-electron chi connectivity index (χ1n) is 5.56. The third kappa shape index (κ3) is 2.95. The van der Waals surface area contributed by atoms with Crippen LogP contribution in [-0.4, -0.2) is 27.6 Å². The summed E-state index contributed by atoms with van der Waals surface area (Å²) in [6.45, 7) is 2.44. The topological polar surface area (TPSA) is 70.7 Å². The van der Waals surface area contributed by atoms with Gasteiger partial charge in [-0.3, -0.25) is 9.89 Å². The van der Waals surface area contributed by atoms with Crippen LogP contribution in [0.25, 0.3) is 0 Å². The lowest BCUT2D eigenvalue weighted by molar-refractivity contribution is 0.0953. The van der Waals surface area contributed by atoms with Crippen molar-refractivity contribution >= 4 is 21.8 Å². The third-order valence-corrected chi connectivity index (χ3v) is 3.48. The number of aromatic amines is 1. The van der Waals surface area contributed by atoms with Gasteiger partial charge >= 0.3 is 0 Å². The summed E-state index contributed by atoms with van der Waals surface area (Å²) < 4.78 is 0.936. The molecule has 0 aliphatic heterocycles. The zero-order valence-corrected chi connectivity index (χ0v) is 11.5. The Morgan fingerprint density at radius 3 is 3.06 bits per heavy atom. The van der Waals surface area contributed by atoms with Crippen LogP contribution in [0, 0.1) is 6.92 Å². The van der Waals surface area contributed by atoms with E-state index in [1.807, 2.05) is 25.1 Å². The second kappa shape index (κ2) is 5.77. The summed E-state index contributed by atoms with van der Waals surface area (Å²) in [6, 6.07) is 5.58. The molecule has 1 heterocycles. The molecule has 0 aliphatic rings. The molecular formula is C12H13BrN4O. The van der Waals surface area contributed by atoms with Crippen molar-refractivity contribution in [1.82, 2.24) is 20.5 Å². The average molecular weight is 309 g/mol. The summed E-state index contributed by atoms with van der Waals surface area (Å²) in [6.07, 6.45) is 2.09. The van der Waals surface area contributed by atoms with Gasteiger partial charge in [-0.05, 0) is 24.6 Å². The molecule has 0 unspecified atom stereocenters. The van der Waals surface area contributed by atoms with E-state index in [0.29, 0.717) is 18.5 Å². The lowest BCUT2D eigenvalue weighted by atomic mass is 10.1. The molecule has 5 nitrogen and oxygen atoms in total. The number of carbonyl (C=O) groups excluding carboxylic acids is 1. The normalized spacial score (nSPS) is 10.3. The highest BCUT2D eigenvalue weighted by Crippen LogP contribution is 2.19. The standard InChI is InChI=1S/C12H13BrN4O/c1-8-9(3-2-4-10(8)13)12(18)14-6-5-11-15-7-16-17-11/h2-4,7H,5-6H2,1H3,(H,14,18)(H,15,16,17). The first-order valence-corrected chi connectivity index (χ1v) is 6.35. The number of nitrogens with one attached hydrogen (secondary N) is 2. The van der Waals surface area contributed by atoms with Crippen LogP contribution in [-0.2, 0) is 6.42 Å². The number of benzene rings is 1. The number of hydrogen-bond acceptors (Lipinski definition) is 3. The van der Waals surface area contributed by atoms with E-state index in [2.05, 4.69) is 36.4 Å². The van der Waals surface area contributed by atoms with Crippen molar-refractivity contribution in [2.45, 2.75) is 13.3 Å². The fourth-order valence-electron chi connectivity index (χ4n) is 1.59. The molecule has 0 spiro atoms. The van der Waals surface area contributed by atoms with Crippen molar-refractivity contribution in [3.8, 4) is 0 Å². The van der Waals surface area contributed by atoms with Gasteiger partial charge in [0.1, 0.15) is 12.2 Å². The number of amides is 1. The number of carbonyl (C=O) groups is 1. The van der Waals surface area contributed by atoms with Gasteiger partial charge in [0.25, 0.3) is 5.91 Å². The maximum atomic E-state index is 12.0. The van der Waals surface area contributed by atoms with Gasteiger partial charge in [0.05, 0.1) is 0 Å². The van der Waals surface area contributed by atoms with Gasteiger partial charge in [0, 0.05) is 23.0 Å². The van der Waals surface area contributed by atoms with Gasteiger partial charge in [0.2, 0.25) is 0 Å². The van der Waals surface area contributed by atoms with E-state index in [-0.39, 0.29) is 5.91 Å². The molecule has 0 saturated heterocycles. The minimum atomic E-state index is -0.0756. The van der Waals surface area contributed by atoms with Gasteiger partial charge < -0.3 is 5.32 Å². The van der Waals surface area contributed by atoms with Crippen LogP contribution in [0.3, 0.4) is 0 Å². The molecule has 0 fully saturated rings. The number of nitrogens with zero attached hydrogens (tertiary/aromatic N) is 2. The molecule has 6 heteroatoms. The smallest absolute Gasteiger partial charge is 0.251 e. The Kier molecular flexibility index (Phi) is 4.09. The van der Waals surface area contributed by atoms with Gasteiger partial charge in [-0.2, -0.15) is 5.10 Å². The van der Waals surface area contributed by atoms with Gasteiger partial charge in [-0.1, -0.05) is 22.0 Å². The van der Waals surface area contributed by atoms with E-state index >= 15 is 0 Å². The number of H-pyrrole nitrogens is 1. The molecule has 1 aromatic carbocycles. The molecule has 1 amide bonds. The van der Waals surface area contributed by atoms with E-state index in [1.165, 1.54) is 6.33 Å². The van der Waals surface area contributed by atoms with Gasteiger partial charge in [0.15, 0.2) is 0 Å². The summed E-state index contributed by atoms with van der Waals surface area (Å²) in [5, 5.41) is 9.36. The van der Waals surface area contributed by atoms with E-state index in [4.69, 9.17) is 0 Å². The van der Waals surface area contributed by atoms with Crippen LogP contribution in [0.15, 0.2) is 29.0 Å². The Balaban J connectivity index is 1.93. The first kappa shape index (κ1) is 12.8. The Hall–Kier alpha value is -1.69. The zero-order valence-electron chi connectivity index (χ0n) is 9.90. The first-order chi connectivity index (χ1) is 8.68. The fourth-order valence-corrected chi connectivity index (χ4v) is 1.96. The number of halogens is 1. The van der Waals surface area contributed by atoms with Crippen LogP contribution < -0.4 is 5.32 Å². The van der Waals surface area contributed by atoms with Crippen molar-refractivity contribution < 1.29 is 4.79 Å². The summed E-state index contributed by atoms with van der Waals surface area (Å²) in [5.74, 6) is 0.689. The average Bonchev–Trinajstić information content (AvgIpc) is 2.85. The lowest BCUT2D eigenvalue weighted by Crippen LogP contribution is -2.26. The molecule has 18 heavy (non-hydrogen) atoms. The lowest BCUT2D eigenvalue weighted by Gasteiger charge is -2.08. The molecule has 2 N–H and O–H groups in total. The van der Waals surface area contributed by atoms with Gasteiger partial charge in [-0.25, -0.2) is 4.98 Å². The maximum Gasteiger partial charge on any atom is 0.251 e. The Morgan fingerprint density at radius 2 is 2.33 bits per heavy atom. The van der Waals surface area contributed by atoms with Crippen molar-refractivity contribution in [1.29, 1.82) is 0 Å². The Morgan fingerprint density at radius 1 is 1.50 bits per heavy atom. The summed E-state index contributed by atoms with van der Waals surface area (Å²) >= 11 is 3.41. The predicted molar refractivity (Wildman–Crippen MR) is 71.3 cm³/mol. The fraction of sp³-hybridized carbons (Fsp3) is 0.250. The van der Waals surface area contributed by atoms with Crippen LogP contribution in [0.1, 0.15) is 21.7 Å². The van der Waals surface area contributed by atoms with Crippen molar-refractivity contribution in [2.24, 2.45) is 0 Å². The molecule has 0 bridgehead atoms. The molecule has 0 radical (unpaired) electrons. The highest BCUT2D eigenvalue weighted by atomic mass is 79.9. The van der Waals surface area contributed by atoms with Crippen molar-refractivity contribution in [3.05, 3.63) is 46.0 Å². The largest absolute Gasteiger partial charge is 0.352 e. The molecule has 1 aromatic heterocycles. The second-order valence-electron chi connectivity index (χ2n) is 3.85. The molecule has 2 rings (SSSR count). The van der Waals surface area contributed by atoms with E-state index in [0.717, 1.165) is 15.9 Å². The molecular weight excluding hydrogens is 296 g/mol. The second-order valence-corrected chi connectivity index (χ2v) is 4.70. The van der Waals surface area contributed by atoms with E-state index in [1.54, 1.807) is 0 Å². The molecule has 0 aliphatic carbocycles. The summed E-state index contributed by atoms with van der Waals surface area (Å²) in [7, 11) is 0. The molecule has 0 saturated carbocycles. The zero-order chi connectivity index (χ0) is 13.0. The minimum Gasteiger partial charge on any atom is -0.352 e. The minimum absolute atomic E-state index is 0.0756. The SMILES string of the molecule is Cc1c(Br)cccc1C(=O)NCCc1ncn[nH]1. The number of rotatable bonds is 4. The van der Waals surface area contributed by atoms with Crippen molar-refractivity contribution in [2.75, 3.05) is 6.54 Å². The molecule has 2 aromatic rings.